The van der Waals surface area contributed by atoms with Crippen molar-refractivity contribution in [2.45, 2.75) is 96.2 Å². The summed E-state index contributed by atoms with van der Waals surface area (Å²) in [7, 11) is 0. The molecule has 0 aliphatic carbocycles. The van der Waals surface area contributed by atoms with Gasteiger partial charge in [0.1, 0.15) is 11.8 Å². The Labute approximate surface area is 220 Å². The summed E-state index contributed by atoms with van der Waals surface area (Å²) < 4.78 is 5.91. The van der Waals surface area contributed by atoms with Crippen LogP contribution in [0.2, 0.25) is 0 Å². The number of hydrogen-bond donors (Lipinski definition) is 2. The number of unbranched alkanes of at least 4 members (excludes halogenated alkanes) is 5. The number of ether oxygens (including phenoxy) is 1. The molecule has 3 atom stereocenters. The van der Waals surface area contributed by atoms with Crippen LogP contribution >= 0.6 is 0 Å². The number of hydroxylamine groups is 2. The molecule has 0 spiro atoms. The second-order valence-corrected chi connectivity index (χ2v) is 10.6. The number of amides is 1. The molecule has 3 rings (SSSR count). The first-order valence-electron chi connectivity index (χ1n) is 13.5. The maximum Gasteiger partial charge on any atom is 0.325 e. The molecule has 2 aromatic rings. The van der Waals surface area contributed by atoms with Gasteiger partial charge in [0.15, 0.2) is 0 Å². The molecular weight excluding hydrogens is 468 g/mol. The number of aliphatic carboxylic acids is 1. The molecule has 1 radical (unpaired) electrons. The largest absolute Gasteiger partial charge is 0.494 e. The fourth-order valence-electron chi connectivity index (χ4n) is 5.06. The van der Waals surface area contributed by atoms with Crippen LogP contribution in [0.3, 0.4) is 0 Å². The van der Waals surface area contributed by atoms with Crippen molar-refractivity contribution >= 4 is 11.9 Å². The molecule has 0 aromatic heterocycles. The first-order valence-corrected chi connectivity index (χ1v) is 13.5. The Morgan fingerprint density at radius 2 is 1.43 bits per heavy atom. The van der Waals surface area contributed by atoms with Crippen molar-refractivity contribution in [3.63, 3.8) is 0 Å². The normalized spacial score (nSPS) is 22.5. The predicted molar refractivity (Wildman–Crippen MR) is 143 cm³/mol. The average Bonchev–Trinajstić information content (AvgIpc) is 3.14. The van der Waals surface area contributed by atoms with E-state index in [1.54, 1.807) is 24.3 Å². The summed E-state index contributed by atoms with van der Waals surface area (Å²) in [5.74, 6) is -0.729. The SMILES string of the molecule is CCCCCCCCOc1ccc([C@]2(C)CC[C@@](C)(c3ccc(C(=O)N[C@@H](C)C(=O)O)cc3)N2[O])cc1. The van der Waals surface area contributed by atoms with Gasteiger partial charge in [-0.05, 0) is 75.4 Å². The highest BCUT2D eigenvalue weighted by atomic mass is 16.5. The molecule has 2 aromatic carbocycles. The third-order valence-corrected chi connectivity index (χ3v) is 7.72. The van der Waals surface area contributed by atoms with Gasteiger partial charge in [0.2, 0.25) is 0 Å². The molecule has 0 saturated carbocycles. The molecule has 201 valence electrons. The van der Waals surface area contributed by atoms with Crippen molar-refractivity contribution in [1.29, 1.82) is 0 Å². The zero-order valence-corrected chi connectivity index (χ0v) is 22.6. The molecule has 7 nitrogen and oxygen atoms in total. The number of hydrogen-bond acceptors (Lipinski definition) is 4. The lowest BCUT2D eigenvalue weighted by atomic mass is 9.89. The second-order valence-electron chi connectivity index (χ2n) is 10.6. The highest BCUT2D eigenvalue weighted by molar-refractivity contribution is 5.96. The standard InChI is InChI=1S/C30H41N2O5/c1-5-6-7-8-9-10-21-37-26-17-15-25(16-18-26)30(4)20-19-29(3,32(30)36)24-13-11-23(12-14-24)27(33)31-22(2)28(34)35/h11-18,22H,5-10,19-21H2,1-4H3,(H,31,33)(H,34,35)/t22-,29-,30-/m0/s1. The minimum Gasteiger partial charge on any atom is -0.494 e. The zero-order chi connectivity index (χ0) is 27.1. The third-order valence-electron chi connectivity index (χ3n) is 7.72. The van der Waals surface area contributed by atoms with E-state index in [0.717, 1.165) is 23.3 Å². The molecule has 1 amide bonds. The molecule has 37 heavy (non-hydrogen) atoms. The number of carboxylic acid groups (broad SMARTS) is 1. The Morgan fingerprint density at radius 1 is 0.919 bits per heavy atom. The van der Waals surface area contributed by atoms with Crippen LogP contribution in [-0.2, 0) is 21.1 Å². The van der Waals surface area contributed by atoms with Crippen LogP contribution in [-0.4, -0.2) is 34.7 Å². The molecule has 7 heteroatoms. The van der Waals surface area contributed by atoms with E-state index < -0.39 is 29.0 Å². The Hall–Kier alpha value is -2.90. The molecule has 0 unspecified atom stereocenters. The van der Waals surface area contributed by atoms with E-state index in [-0.39, 0.29) is 0 Å². The lowest BCUT2D eigenvalue weighted by Gasteiger charge is -2.37. The van der Waals surface area contributed by atoms with Crippen molar-refractivity contribution in [2.75, 3.05) is 6.61 Å². The number of rotatable bonds is 13. The lowest BCUT2D eigenvalue weighted by Crippen LogP contribution is -2.44. The summed E-state index contributed by atoms with van der Waals surface area (Å²) >= 11 is 0. The fourth-order valence-corrected chi connectivity index (χ4v) is 5.06. The minimum absolute atomic E-state index is 0.357. The van der Waals surface area contributed by atoms with Crippen molar-refractivity contribution in [2.24, 2.45) is 0 Å². The van der Waals surface area contributed by atoms with Crippen molar-refractivity contribution in [3.05, 3.63) is 65.2 Å². The fraction of sp³-hybridized carbons (Fsp3) is 0.533. The molecule has 1 fully saturated rings. The molecular formula is C30H41N2O5. The topological polar surface area (TPSA) is 98.8 Å². The Morgan fingerprint density at radius 3 is 1.97 bits per heavy atom. The van der Waals surface area contributed by atoms with Crippen LogP contribution in [0.4, 0.5) is 0 Å². The summed E-state index contributed by atoms with van der Waals surface area (Å²) in [4.78, 5) is 23.3. The quantitative estimate of drug-likeness (QED) is 0.313. The summed E-state index contributed by atoms with van der Waals surface area (Å²) in [6.45, 7) is 8.26. The molecule has 2 N–H and O–H groups in total. The summed E-state index contributed by atoms with van der Waals surface area (Å²) in [5.41, 5.74) is 0.713. The Kier molecular flexibility index (Phi) is 9.74. The number of nitrogens with zero attached hydrogens (tertiary/aromatic N) is 1. The van der Waals surface area contributed by atoms with E-state index in [1.165, 1.54) is 44.1 Å². The maximum absolute atomic E-state index is 13.7. The van der Waals surface area contributed by atoms with Gasteiger partial charge in [-0.2, -0.15) is 0 Å². The van der Waals surface area contributed by atoms with Crippen LogP contribution in [0, 0.1) is 0 Å². The number of carbonyl (C=O) groups is 2. The summed E-state index contributed by atoms with van der Waals surface area (Å²) in [6.07, 6.45) is 8.71. The van der Waals surface area contributed by atoms with Crippen LogP contribution < -0.4 is 10.1 Å². The Bertz CT molecular complexity index is 1040. The van der Waals surface area contributed by atoms with Gasteiger partial charge in [-0.1, -0.05) is 63.3 Å². The van der Waals surface area contributed by atoms with Gasteiger partial charge in [0, 0.05) is 5.56 Å². The average molecular weight is 510 g/mol. The third kappa shape index (κ3) is 6.70. The highest BCUT2D eigenvalue weighted by Crippen LogP contribution is 2.51. The van der Waals surface area contributed by atoms with E-state index in [1.807, 2.05) is 38.1 Å². The predicted octanol–water partition coefficient (Wildman–Crippen LogP) is 6.20. The number of benzene rings is 2. The van der Waals surface area contributed by atoms with E-state index in [2.05, 4.69) is 12.2 Å². The Balaban J connectivity index is 1.62. The van der Waals surface area contributed by atoms with Crippen molar-refractivity contribution in [1.82, 2.24) is 10.4 Å². The lowest BCUT2D eigenvalue weighted by molar-refractivity contribution is -0.260. The van der Waals surface area contributed by atoms with Gasteiger partial charge in [-0.25, -0.2) is 0 Å². The van der Waals surface area contributed by atoms with E-state index in [4.69, 9.17) is 9.84 Å². The monoisotopic (exact) mass is 509 g/mol. The number of carboxylic acids is 1. The maximum atomic E-state index is 13.7. The summed E-state index contributed by atoms with van der Waals surface area (Å²) in [5, 5.41) is 26.4. The zero-order valence-electron chi connectivity index (χ0n) is 22.6. The number of nitrogens with one attached hydrogen (secondary N) is 1. The molecule has 1 aliphatic heterocycles. The minimum atomic E-state index is -1.10. The van der Waals surface area contributed by atoms with E-state index in [0.29, 0.717) is 25.0 Å². The van der Waals surface area contributed by atoms with Gasteiger partial charge in [-0.3, -0.25) is 9.59 Å². The van der Waals surface area contributed by atoms with Crippen LogP contribution in [0.15, 0.2) is 48.5 Å². The van der Waals surface area contributed by atoms with Crippen LogP contribution in [0.1, 0.15) is 101 Å². The van der Waals surface area contributed by atoms with Gasteiger partial charge in [-0.15, -0.1) is 10.3 Å². The first-order chi connectivity index (χ1) is 17.6. The molecule has 1 saturated heterocycles. The molecule has 1 aliphatic rings. The summed E-state index contributed by atoms with van der Waals surface area (Å²) in [6, 6.07) is 13.8. The van der Waals surface area contributed by atoms with E-state index >= 15 is 0 Å². The second kappa shape index (κ2) is 12.6. The highest BCUT2D eigenvalue weighted by Gasteiger charge is 2.52. The number of carbonyl (C=O) groups excluding carboxylic acids is 1. The van der Waals surface area contributed by atoms with Crippen LogP contribution in [0.25, 0.3) is 0 Å². The van der Waals surface area contributed by atoms with Crippen molar-refractivity contribution in [3.8, 4) is 5.75 Å². The van der Waals surface area contributed by atoms with Gasteiger partial charge >= 0.3 is 5.97 Å². The smallest absolute Gasteiger partial charge is 0.325 e. The van der Waals surface area contributed by atoms with E-state index in [9.17, 15) is 14.8 Å². The van der Waals surface area contributed by atoms with Crippen LogP contribution in [0.5, 0.6) is 5.75 Å². The molecule has 1 heterocycles. The van der Waals surface area contributed by atoms with Gasteiger partial charge in [0.05, 0.1) is 17.7 Å². The van der Waals surface area contributed by atoms with Crippen molar-refractivity contribution < 1.29 is 24.6 Å². The molecule has 0 bridgehead atoms. The first kappa shape index (κ1) is 28.7. The van der Waals surface area contributed by atoms with Gasteiger partial charge < -0.3 is 15.2 Å². The van der Waals surface area contributed by atoms with Gasteiger partial charge in [0.25, 0.3) is 5.91 Å².